The summed E-state index contributed by atoms with van der Waals surface area (Å²) in [5, 5.41) is 44.0. The SMILES string of the molecule is Cl.NC(=O)C(O)C(O)C(O)C(O)CO. The van der Waals surface area contributed by atoms with Crippen molar-refractivity contribution >= 4 is 18.3 Å². The normalized spacial score (nSPS) is 18.9. The van der Waals surface area contributed by atoms with Crippen LogP contribution in [0.3, 0.4) is 0 Å². The number of aliphatic hydroxyl groups is 5. The molecule has 0 aliphatic heterocycles. The van der Waals surface area contributed by atoms with Crippen LogP contribution in [0.2, 0.25) is 0 Å². The van der Waals surface area contributed by atoms with Crippen LogP contribution in [-0.4, -0.2) is 62.5 Å². The highest BCUT2D eigenvalue weighted by Crippen LogP contribution is 2.04. The van der Waals surface area contributed by atoms with Gasteiger partial charge < -0.3 is 31.3 Å². The van der Waals surface area contributed by atoms with Gasteiger partial charge in [-0.1, -0.05) is 0 Å². The van der Waals surface area contributed by atoms with E-state index in [9.17, 15) is 4.79 Å². The Bertz CT molecular complexity index is 180. The molecule has 0 rings (SSSR count). The highest BCUT2D eigenvalue weighted by molar-refractivity contribution is 5.85. The molecule has 0 aromatic carbocycles. The van der Waals surface area contributed by atoms with Crippen LogP contribution in [0.25, 0.3) is 0 Å². The van der Waals surface area contributed by atoms with Gasteiger partial charge in [0.25, 0.3) is 0 Å². The molecule has 4 unspecified atom stereocenters. The molecular formula is C6H14ClNO6. The third-order valence-corrected chi connectivity index (χ3v) is 1.55. The molecule has 0 saturated heterocycles. The number of amides is 1. The van der Waals surface area contributed by atoms with Gasteiger partial charge in [0.05, 0.1) is 6.61 Å². The molecule has 0 aliphatic rings. The minimum Gasteiger partial charge on any atom is -0.394 e. The molecule has 86 valence electrons. The number of carbonyl (C=O) groups excluding carboxylic acids is 1. The number of rotatable bonds is 5. The molecule has 0 bridgehead atoms. The van der Waals surface area contributed by atoms with Gasteiger partial charge in [-0.15, -0.1) is 12.4 Å². The lowest BCUT2D eigenvalue weighted by molar-refractivity contribution is -0.146. The Morgan fingerprint density at radius 2 is 1.57 bits per heavy atom. The second-order valence-electron chi connectivity index (χ2n) is 2.58. The Balaban J connectivity index is 0. The van der Waals surface area contributed by atoms with Crippen LogP contribution in [0, 0.1) is 0 Å². The first kappa shape index (κ1) is 16.0. The largest absolute Gasteiger partial charge is 0.394 e. The third-order valence-electron chi connectivity index (χ3n) is 1.55. The zero-order chi connectivity index (χ0) is 10.6. The van der Waals surface area contributed by atoms with E-state index >= 15 is 0 Å². The van der Waals surface area contributed by atoms with Crippen LogP contribution < -0.4 is 5.73 Å². The Morgan fingerprint density at radius 1 is 1.14 bits per heavy atom. The Kier molecular flexibility index (Phi) is 7.93. The van der Waals surface area contributed by atoms with Crippen molar-refractivity contribution in [3.8, 4) is 0 Å². The fraction of sp³-hybridized carbons (Fsp3) is 0.833. The van der Waals surface area contributed by atoms with E-state index in [4.69, 9.17) is 25.5 Å². The second-order valence-corrected chi connectivity index (χ2v) is 2.58. The Hall–Kier alpha value is -0.440. The maximum absolute atomic E-state index is 10.3. The maximum atomic E-state index is 10.3. The van der Waals surface area contributed by atoms with Gasteiger partial charge in [0.1, 0.15) is 18.3 Å². The van der Waals surface area contributed by atoms with E-state index in [1.807, 2.05) is 0 Å². The van der Waals surface area contributed by atoms with Crippen molar-refractivity contribution in [2.75, 3.05) is 6.61 Å². The van der Waals surface area contributed by atoms with E-state index in [2.05, 4.69) is 5.73 Å². The van der Waals surface area contributed by atoms with Gasteiger partial charge in [0.15, 0.2) is 6.10 Å². The van der Waals surface area contributed by atoms with E-state index in [0.29, 0.717) is 0 Å². The number of primary amides is 1. The van der Waals surface area contributed by atoms with Gasteiger partial charge in [-0.25, -0.2) is 0 Å². The standard InChI is InChI=1S/C6H13NO6.ClH/c7-6(13)5(12)4(11)3(10)2(9)1-8;/h2-5,8-12H,1H2,(H2,7,13);1H. The van der Waals surface area contributed by atoms with Crippen molar-refractivity contribution in [3.05, 3.63) is 0 Å². The maximum Gasteiger partial charge on any atom is 0.249 e. The molecule has 7 nitrogen and oxygen atoms in total. The van der Waals surface area contributed by atoms with Crippen molar-refractivity contribution in [1.29, 1.82) is 0 Å². The molecule has 0 spiro atoms. The van der Waals surface area contributed by atoms with Crippen molar-refractivity contribution in [3.63, 3.8) is 0 Å². The summed E-state index contributed by atoms with van der Waals surface area (Å²) in [4.78, 5) is 10.3. The zero-order valence-electron chi connectivity index (χ0n) is 7.15. The number of halogens is 1. The molecule has 4 atom stereocenters. The van der Waals surface area contributed by atoms with E-state index < -0.39 is 36.9 Å². The van der Waals surface area contributed by atoms with E-state index in [0.717, 1.165) is 0 Å². The summed E-state index contributed by atoms with van der Waals surface area (Å²) in [6, 6.07) is 0. The molecule has 0 saturated carbocycles. The highest BCUT2D eigenvalue weighted by Gasteiger charge is 2.32. The lowest BCUT2D eigenvalue weighted by atomic mass is 10.0. The summed E-state index contributed by atoms with van der Waals surface area (Å²) >= 11 is 0. The van der Waals surface area contributed by atoms with Crippen molar-refractivity contribution in [2.24, 2.45) is 5.73 Å². The third kappa shape index (κ3) is 4.18. The Labute approximate surface area is 86.2 Å². The molecule has 0 aromatic heterocycles. The summed E-state index contributed by atoms with van der Waals surface area (Å²) < 4.78 is 0. The number of aliphatic hydroxyl groups excluding tert-OH is 5. The predicted molar refractivity (Wildman–Crippen MR) is 47.6 cm³/mol. The Morgan fingerprint density at radius 3 is 1.86 bits per heavy atom. The molecule has 0 aromatic rings. The summed E-state index contributed by atoms with van der Waals surface area (Å²) in [6.07, 6.45) is -7.35. The quantitative estimate of drug-likeness (QED) is 0.288. The van der Waals surface area contributed by atoms with Crippen LogP contribution >= 0.6 is 12.4 Å². The lowest BCUT2D eigenvalue weighted by Gasteiger charge is -2.23. The van der Waals surface area contributed by atoms with Crippen LogP contribution in [-0.2, 0) is 4.79 Å². The zero-order valence-corrected chi connectivity index (χ0v) is 7.96. The monoisotopic (exact) mass is 231 g/mol. The fourth-order valence-corrected chi connectivity index (χ4v) is 0.691. The summed E-state index contributed by atoms with van der Waals surface area (Å²) in [7, 11) is 0. The van der Waals surface area contributed by atoms with Gasteiger partial charge in [-0.3, -0.25) is 4.79 Å². The number of nitrogens with two attached hydrogens (primary N) is 1. The average molecular weight is 232 g/mol. The first-order valence-electron chi connectivity index (χ1n) is 3.54. The molecule has 0 radical (unpaired) electrons. The summed E-state index contributed by atoms with van der Waals surface area (Å²) in [6.45, 7) is -0.802. The van der Waals surface area contributed by atoms with E-state index in [-0.39, 0.29) is 12.4 Å². The molecule has 8 heteroatoms. The smallest absolute Gasteiger partial charge is 0.249 e. The highest BCUT2D eigenvalue weighted by atomic mass is 35.5. The van der Waals surface area contributed by atoms with Gasteiger partial charge in [0.2, 0.25) is 5.91 Å². The minimum absolute atomic E-state index is 0. The number of carbonyl (C=O) groups is 1. The number of hydrogen-bond donors (Lipinski definition) is 6. The van der Waals surface area contributed by atoms with Gasteiger partial charge in [-0.2, -0.15) is 0 Å². The predicted octanol–water partition coefficient (Wildman–Crippen LogP) is -3.67. The topological polar surface area (TPSA) is 144 Å². The molecule has 0 fully saturated rings. The van der Waals surface area contributed by atoms with Crippen LogP contribution in [0.4, 0.5) is 0 Å². The lowest BCUT2D eigenvalue weighted by Crippen LogP contribution is -2.50. The van der Waals surface area contributed by atoms with Crippen LogP contribution in [0.15, 0.2) is 0 Å². The van der Waals surface area contributed by atoms with Crippen LogP contribution in [0.1, 0.15) is 0 Å². The van der Waals surface area contributed by atoms with Crippen molar-refractivity contribution < 1.29 is 30.3 Å². The first-order chi connectivity index (χ1) is 5.91. The molecule has 1 amide bonds. The first-order valence-corrected chi connectivity index (χ1v) is 3.54. The van der Waals surface area contributed by atoms with E-state index in [1.54, 1.807) is 0 Å². The van der Waals surface area contributed by atoms with Crippen molar-refractivity contribution in [1.82, 2.24) is 0 Å². The van der Waals surface area contributed by atoms with Gasteiger partial charge >= 0.3 is 0 Å². The van der Waals surface area contributed by atoms with Crippen LogP contribution in [0.5, 0.6) is 0 Å². The van der Waals surface area contributed by atoms with Gasteiger partial charge in [0, 0.05) is 0 Å². The summed E-state index contributed by atoms with van der Waals surface area (Å²) in [5.74, 6) is -1.23. The molecule has 0 aliphatic carbocycles. The van der Waals surface area contributed by atoms with Gasteiger partial charge in [-0.05, 0) is 0 Å². The minimum atomic E-state index is -1.98. The molecular weight excluding hydrogens is 218 g/mol. The molecule has 14 heavy (non-hydrogen) atoms. The molecule has 0 heterocycles. The van der Waals surface area contributed by atoms with Crippen molar-refractivity contribution in [2.45, 2.75) is 24.4 Å². The number of hydrogen-bond acceptors (Lipinski definition) is 6. The average Bonchev–Trinajstić information content (AvgIpc) is 2.12. The summed E-state index contributed by atoms with van der Waals surface area (Å²) in [5.41, 5.74) is 4.61. The van der Waals surface area contributed by atoms with E-state index in [1.165, 1.54) is 0 Å². The fourth-order valence-electron chi connectivity index (χ4n) is 0.691. The second kappa shape index (κ2) is 6.93. The molecule has 7 N–H and O–H groups in total.